The van der Waals surface area contributed by atoms with E-state index < -0.39 is 0 Å². The fraction of sp³-hybridized carbons (Fsp3) is 0.300. The maximum atomic E-state index is 12.5. The molecule has 0 saturated carbocycles. The zero-order valence-corrected chi connectivity index (χ0v) is 15.9. The minimum atomic E-state index is -0.341. The molecule has 7 nitrogen and oxygen atoms in total. The molecule has 0 heterocycles. The summed E-state index contributed by atoms with van der Waals surface area (Å²) < 4.78 is 15.7. The first-order chi connectivity index (χ1) is 13.0. The number of carbonyl (C=O) groups excluding carboxylic acids is 2. The number of nitrogens with zero attached hydrogens (tertiary/aromatic N) is 1. The topological polar surface area (TPSA) is 77.1 Å². The number of rotatable bonds is 8. The van der Waals surface area contributed by atoms with Gasteiger partial charge in [0.1, 0.15) is 23.8 Å². The van der Waals surface area contributed by atoms with Crippen LogP contribution < -0.4 is 19.5 Å². The lowest BCUT2D eigenvalue weighted by molar-refractivity contribution is -0.133. The number of methoxy groups -OCH3 is 3. The van der Waals surface area contributed by atoms with Crippen LogP contribution in [0.15, 0.2) is 42.5 Å². The molecule has 0 atom stereocenters. The van der Waals surface area contributed by atoms with Gasteiger partial charge in [0.25, 0.3) is 0 Å². The highest BCUT2D eigenvalue weighted by atomic mass is 16.5. The van der Waals surface area contributed by atoms with Crippen LogP contribution in [0.3, 0.4) is 0 Å². The van der Waals surface area contributed by atoms with Crippen LogP contribution in [-0.4, -0.2) is 44.6 Å². The van der Waals surface area contributed by atoms with Crippen molar-refractivity contribution in [3.05, 3.63) is 48.0 Å². The van der Waals surface area contributed by atoms with Crippen molar-refractivity contribution in [1.29, 1.82) is 0 Å². The third-order valence-corrected chi connectivity index (χ3v) is 4.01. The van der Waals surface area contributed by atoms with E-state index in [1.54, 1.807) is 25.3 Å². The van der Waals surface area contributed by atoms with Gasteiger partial charge in [0.05, 0.1) is 27.0 Å². The van der Waals surface area contributed by atoms with E-state index in [1.807, 2.05) is 24.3 Å². The average Bonchev–Trinajstić information content (AvgIpc) is 2.67. The van der Waals surface area contributed by atoms with Gasteiger partial charge in [-0.05, 0) is 18.2 Å². The molecule has 0 unspecified atom stereocenters. The van der Waals surface area contributed by atoms with Crippen LogP contribution in [0.25, 0.3) is 0 Å². The highest BCUT2D eigenvalue weighted by Gasteiger charge is 2.17. The average molecular weight is 372 g/mol. The second kappa shape index (κ2) is 9.47. The number of ether oxygens (including phenoxy) is 3. The quantitative estimate of drug-likeness (QED) is 0.771. The lowest BCUT2D eigenvalue weighted by Crippen LogP contribution is -2.36. The summed E-state index contributed by atoms with van der Waals surface area (Å²) in [6, 6.07) is 12.5. The molecule has 0 radical (unpaired) electrons. The molecule has 0 fully saturated rings. The van der Waals surface area contributed by atoms with E-state index in [0.717, 1.165) is 5.56 Å². The molecule has 0 bridgehead atoms. The van der Waals surface area contributed by atoms with Gasteiger partial charge < -0.3 is 24.4 Å². The molecule has 0 saturated heterocycles. The molecule has 1 N–H and O–H groups in total. The van der Waals surface area contributed by atoms with Crippen molar-refractivity contribution in [2.75, 3.05) is 33.2 Å². The molecular formula is C20H24N2O5. The summed E-state index contributed by atoms with van der Waals surface area (Å²) in [6.07, 6.45) is 0. The number of amides is 2. The molecule has 2 amide bonds. The second-order valence-electron chi connectivity index (χ2n) is 5.80. The predicted molar refractivity (Wildman–Crippen MR) is 102 cm³/mol. The SMILES string of the molecule is COc1ccc(OC)c(NC(=O)CN(Cc2ccccc2OC)C(C)=O)c1. The first-order valence-electron chi connectivity index (χ1n) is 8.37. The third-order valence-electron chi connectivity index (χ3n) is 4.01. The molecule has 0 aliphatic heterocycles. The summed E-state index contributed by atoms with van der Waals surface area (Å²) in [5, 5.41) is 2.77. The molecule has 0 aromatic heterocycles. The third kappa shape index (κ3) is 5.37. The van der Waals surface area contributed by atoms with Crippen molar-refractivity contribution in [3.63, 3.8) is 0 Å². The maximum absolute atomic E-state index is 12.5. The Bertz CT molecular complexity index is 807. The minimum absolute atomic E-state index is 0.103. The van der Waals surface area contributed by atoms with E-state index in [-0.39, 0.29) is 24.9 Å². The Balaban J connectivity index is 2.13. The number of hydrogen-bond acceptors (Lipinski definition) is 5. The largest absolute Gasteiger partial charge is 0.497 e. The summed E-state index contributed by atoms with van der Waals surface area (Å²) in [5.41, 5.74) is 1.30. The summed E-state index contributed by atoms with van der Waals surface area (Å²) in [7, 11) is 4.62. The zero-order chi connectivity index (χ0) is 19.8. The molecule has 0 spiro atoms. The van der Waals surface area contributed by atoms with Crippen LogP contribution in [-0.2, 0) is 16.1 Å². The van der Waals surface area contributed by atoms with E-state index in [0.29, 0.717) is 22.9 Å². The minimum Gasteiger partial charge on any atom is -0.497 e. The number of benzene rings is 2. The fourth-order valence-electron chi connectivity index (χ4n) is 2.59. The predicted octanol–water partition coefficient (Wildman–Crippen LogP) is 2.70. The Morgan fingerprint density at radius 3 is 2.30 bits per heavy atom. The van der Waals surface area contributed by atoms with Gasteiger partial charge in [0, 0.05) is 25.1 Å². The summed E-state index contributed by atoms with van der Waals surface area (Å²) in [5.74, 6) is 1.20. The molecule has 2 rings (SSSR count). The van der Waals surface area contributed by atoms with Crippen LogP contribution in [0.5, 0.6) is 17.2 Å². The van der Waals surface area contributed by atoms with E-state index in [9.17, 15) is 9.59 Å². The normalized spacial score (nSPS) is 10.1. The van der Waals surface area contributed by atoms with Gasteiger partial charge in [-0.3, -0.25) is 9.59 Å². The first-order valence-corrected chi connectivity index (χ1v) is 8.37. The summed E-state index contributed by atoms with van der Waals surface area (Å²) in [4.78, 5) is 26.0. The van der Waals surface area contributed by atoms with Crippen LogP contribution in [0.1, 0.15) is 12.5 Å². The number of anilines is 1. The Morgan fingerprint density at radius 2 is 1.67 bits per heavy atom. The Hall–Kier alpha value is -3.22. The van der Waals surface area contributed by atoms with E-state index in [1.165, 1.54) is 26.0 Å². The Kier molecular flexibility index (Phi) is 7.05. The molecule has 2 aromatic rings. The van der Waals surface area contributed by atoms with Gasteiger partial charge in [-0.15, -0.1) is 0 Å². The molecular weight excluding hydrogens is 348 g/mol. The number of carbonyl (C=O) groups is 2. The summed E-state index contributed by atoms with van der Waals surface area (Å²) >= 11 is 0. The number of nitrogens with one attached hydrogen (secondary N) is 1. The van der Waals surface area contributed by atoms with Gasteiger partial charge in [-0.25, -0.2) is 0 Å². The van der Waals surface area contributed by atoms with Gasteiger partial charge in [0.2, 0.25) is 11.8 Å². The van der Waals surface area contributed by atoms with Crippen LogP contribution in [0, 0.1) is 0 Å². The monoisotopic (exact) mass is 372 g/mol. The lowest BCUT2D eigenvalue weighted by atomic mass is 10.2. The van der Waals surface area contributed by atoms with Gasteiger partial charge in [-0.2, -0.15) is 0 Å². The van der Waals surface area contributed by atoms with Gasteiger partial charge in [-0.1, -0.05) is 18.2 Å². The van der Waals surface area contributed by atoms with Crippen LogP contribution >= 0.6 is 0 Å². The Labute approximate surface area is 158 Å². The zero-order valence-electron chi connectivity index (χ0n) is 15.9. The van der Waals surface area contributed by atoms with Gasteiger partial charge >= 0.3 is 0 Å². The highest BCUT2D eigenvalue weighted by Crippen LogP contribution is 2.29. The molecule has 144 valence electrons. The van der Waals surface area contributed by atoms with Crippen molar-refractivity contribution in [2.45, 2.75) is 13.5 Å². The van der Waals surface area contributed by atoms with Crippen molar-refractivity contribution in [1.82, 2.24) is 4.90 Å². The number of para-hydroxylation sites is 1. The van der Waals surface area contributed by atoms with Crippen molar-refractivity contribution >= 4 is 17.5 Å². The highest BCUT2D eigenvalue weighted by molar-refractivity contribution is 5.95. The van der Waals surface area contributed by atoms with E-state index >= 15 is 0 Å². The molecule has 0 aliphatic rings. The van der Waals surface area contributed by atoms with Gasteiger partial charge in [0.15, 0.2) is 0 Å². The fourth-order valence-corrected chi connectivity index (χ4v) is 2.59. The lowest BCUT2D eigenvalue weighted by Gasteiger charge is -2.22. The smallest absolute Gasteiger partial charge is 0.244 e. The van der Waals surface area contributed by atoms with E-state index in [4.69, 9.17) is 14.2 Å². The van der Waals surface area contributed by atoms with Crippen LogP contribution in [0.4, 0.5) is 5.69 Å². The standard InChI is InChI=1S/C20H24N2O5/c1-14(23)22(12-15-7-5-6-8-18(15)26-3)13-20(24)21-17-11-16(25-2)9-10-19(17)27-4/h5-11H,12-13H2,1-4H3,(H,21,24). The Morgan fingerprint density at radius 1 is 0.963 bits per heavy atom. The molecule has 0 aliphatic carbocycles. The maximum Gasteiger partial charge on any atom is 0.244 e. The van der Waals surface area contributed by atoms with Crippen molar-refractivity contribution < 1.29 is 23.8 Å². The first kappa shape index (κ1) is 20.1. The van der Waals surface area contributed by atoms with Crippen molar-refractivity contribution in [3.8, 4) is 17.2 Å². The molecule has 2 aromatic carbocycles. The molecule has 27 heavy (non-hydrogen) atoms. The summed E-state index contributed by atoms with van der Waals surface area (Å²) in [6.45, 7) is 1.59. The number of hydrogen-bond donors (Lipinski definition) is 1. The molecule has 7 heteroatoms. The van der Waals surface area contributed by atoms with Crippen molar-refractivity contribution in [2.24, 2.45) is 0 Å². The van der Waals surface area contributed by atoms with Crippen LogP contribution in [0.2, 0.25) is 0 Å². The second-order valence-corrected chi connectivity index (χ2v) is 5.80. The van der Waals surface area contributed by atoms with E-state index in [2.05, 4.69) is 5.32 Å².